The standard InChI is InChI=1S/C22H31N3O3/c1-15-9-11-25(12-10-15)16(2)14-23-21(26)13-20-17(3)28-22(24-20)18-5-7-19(27-4)8-6-18/h5-8,15-16H,9-14H2,1-4H3,(H,23,26). The molecule has 0 bridgehead atoms. The van der Waals surface area contributed by atoms with Crippen molar-refractivity contribution in [3.8, 4) is 17.2 Å². The van der Waals surface area contributed by atoms with E-state index in [1.165, 1.54) is 12.8 Å². The van der Waals surface area contributed by atoms with Gasteiger partial charge in [0.2, 0.25) is 11.8 Å². The molecular formula is C22H31N3O3. The molecule has 2 aromatic rings. The Hall–Kier alpha value is -2.34. The van der Waals surface area contributed by atoms with Gasteiger partial charge in [-0.25, -0.2) is 4.98 Å². The molecule has 28 heavy (non-hydrogen) atoms. The summed E-state index contributed by atoms with van der Waals surface area (Å²) in [4.78, 5) is 19.4. The van der Waals surface area contributed by atoms with Crippen LogP contribution in [0.15, 0.2) is 28.7 Å². The number of nitrogens with zero attached hydrogens (tertiary/aromatic N) is 2. The van der Waals surface area contributed by atoms with Gasteiger partial charge in [0, 0.05) is 18.2 Å². The Morgan fingerprint density at radius 3 is 2.64 bits per heavy atom. The Kier molecular flexibility index (Phi) is 6.73. The first-order chi connectivity index (χ1) is 13.5. The van der Waals surface area contributed by atoms with Crippen molar-refractivity contribution in [1.82, 2.24) is 15.2 Å². The molecule has 0 saturated carbocycles. The van der Waals surface area contributed by atoms with E-state index in [4.69, 9.17) is 9.15 Å². The van der Waals surface area contributed by atoms with Crippen molar-refractivity contribution < 1.29 is 13.9 Å². The zero-order chi connectivity index (χ0) is 20.1. The summed E-state index contributed by atoms with van der Waals surface area (Å²) in [5.74, 6) is 2.78. The highest BCUT2D eigenvalue weighted by atomic mass is 16.5. The Bertz CT molecular complexity index is 777. The molecule has 1 unspecified atom stereocenters. The SMILES string of the molecule is COc1ccc(-c2nc(CC(=O)NCC(C)N3CCC(C)CC3)c(C)o2)cc1. The summed E-state index contributed by atoms with van der Waals surface area (Å²) >= 11 is 0. The monoisotopic (exact) mass is 385 g/mol. The van der Waals surface area contributed by atoms with Gasteiger partial charge in [0.1, 0.15) is 11.5 Å². The molecule has 0 aliphatic carbocycles. The van der Waals surface area contributed by atoms with Crippen LogP contribution >= 0.6 is 0 Å². The molecule has 0 spiro atoms. The smallest absolute Gasteiger partial charge is 0.226 e. The van der Waals surface area contributed by atoms with Crippen molar-refractivity contribution in [3.05, 3.63) is 35.7 Å². The van der Waals surface area contributed by atoms with Crippen LogP contribution in [0.1, 0.15) is 38.1 Å². The third-order valence-corrected chi connectivity index (χ3v) is 5.59. The number of hydrogen-bond donors (Lipinski definition) is 1. The number of piperidine rings is 1. The lowest BCUT2D eigenvalue weighted by atomic mass is 9.98. The molecule has 1 atom stereocenters. The number of aromatic nitrogens is 1. The van der Waals surface area contributed by atoms with Crippen molar-refractivity contribution in [2.45, 2.75) is 46.1 Å². The van der Waals surface area contributed by atoms with Crippen LogP contribution in [0.25, 0.3) is 11.5 Å². The average molecular weight is 386 g/mol. The van der Waals surface area contributed by atoms with Gasteiger partial charge in [-0.15, -0.1) is 0 Å². The molecule has 152 valence electrons. The van der Waals surface area contributed by atoms with E-state index in [1.54, 1.807) is 7.11 Å². The Balaban J connectivity index is 1.53. The predicted molar refractivity (Wildman–Crippen MR) is 109 cm³/mol. The van der Waals surface area contributed by atoms with E-state index >= 15 is 0 Å². The number of methoxy groups -OCH3 is 1. The van der Waals surface area contributed by atoms with E-state index in [0.29, 0.717) is 29.9 Å². The maximum absolute atomic E-state index is 12.4. The van der Waals surface area contributed by atoms with Crippen LogP contribution in [0.2, 0.25) is 0 Å². The lowest BCUT2D eigenvalue weighted by Gasteiger charge is -2.35. The third-order valence-electron chi connectivity index (χ3n) is 5.59. The Labute approximate surface area is 167 Å². The normalized spacial score (nSPS) is 16.7. The van der Waals surface area contributed by atoms with E-state index in [1.807, 2.05) is 31.2 Å². The predicted octanol–water partition coefficient (Wildman–Crippen LogP) is 3.44. The van der Waals surface area contributed by atoms with Gasteiger partial charge in [0.15, 0.2) is 0 Å². The Morgan fingerprint density at radius 2 is 2.00 bits per heavy atom. The van der Waals surface area contributed by atoms with Gasteiger partial charge >= 0.3 is 0 Å². The summed E-state index contributed by atoms with van der Waals surface area (Å²) < 4.78 is 10.9. The number of likely N-dealkylation sites (tertiary alicyclic amines) is 1. The summed E-state index contributed by atoms with van der Waals surface area (Å²) in [5.41, 5.74) is 1.55. The Morgan fingerprint density at radius 1 is 1.32 bits per heavy atom. The number of oxazole rings is 1. The maximum atomic E-state index is 12.4. The number of benzene rings is 1. The third kappa shape index (κ3) is 5.13. The first kappa shape index (κ1) is 20.4. The minimum atomic E-state index is -0.0186. The number of aryl methyl sites for hydroxylation is 1. The fraction of sp³-hybridized carbons (Fsp3) is 0.545. The molecule has 1 N–H and O–H groups in total. The van der Waals surface area contributed by atoms with E-state index in [9.17, 15) is 4.79 Å². The molecule has 1 amide bonds. The zero-order valence-electron chi connectivity index (χ0n) is 17.3. The molecular weight excluding hydrogens is 354 g/mol. The minimum absolute atomic E-state index is 0.0186. The van der Waals surface area contributed by atoms with E-state index in [0.717, 1.165) is 30.3 Å². The molecule has 1 fully saturated rings. The molecule has 0 radical (unpaired) electrons. The first-order valence-electron chi connectivity index (χ1n) is 10.1. The van der Waals surface area contributed by atoms with Crippen LogP contribution in [0.4, 0.5) is 0 Å². The lowest BCUT2D eigenvalue weighted by Crippen LogP contribution is -2.45. The number of ether oxygens (including phenoxy) is 1. The van der Waals surface area contributed by atoms with E-state index in [-0.39, 0.29) is 12.3 Å². The molecule has 1 saturated heterocycles. The molecule has 3 rings (SSSR count). The number of rotatable bonds is 7. The van der Waals surface area contributed by atoms with Gasteiger partial charge in [-0.2, -0.15) is 0 Å². The number of hydrogen-bond acceptors (Lipinski definition) is 5. The topological polar surface area (TPSA) is 67.6 Å². The van der Waals surface area contributed by atoms with Crippen LogP contribution < -0.4 is 10.1 Å². The number of carbonyl (C=O) groups is 1. The quantitative estimate of drug-likeness (QED) is 0.791. The second-order valence-electron chi connectivity index (χ2n) is 7.80. The molecule has 1 aliphatic heterocycles. The van der Waals surface area contributed by atoms with E-state index < -0.39 is 0 Å². The second-order valence-corrected chi connectivity index (χ2v) is 7.80. The van der Waals surface area contributed by atoms with Crippen LogP contribution in [-0.4, -0.2) is 48.6 Å². The highest BCUT2D eigenvalue weighted by Gasteiger charge is 2.21. The van der Waals surface area contributed by atoms with Crippen molar-refractivity contribution in [2.75, 3.05) is 26.7 Å². The van der Waals surface area contributed by atoms with Gasteiger partial charge in [0.25, 0.3) is 0 Å². The summed E-state index contributed by atoms with van der Waals surface area (Å²) in [5, 5.41) is 3.05. The van der Waals surface area contributed by atoms with E-state index in [2.05, 4.69) is 29.0 Å². The summed E-state index contributed by atoms with van der Waals surface area (Å²) in [6.45, 7) is 9.23. The van der Waals surface area contributed by atoms with Crippen molar-refractivity contribution in [2.24, 2.45) is 5.92 Å². The maximum Gasteiger partial charge on any atom is 0.226 e. The van der Waals surface area contributed by atoms with Gasteiger partial charge in [-0.3, -0.25) is 9.69 Å². The summed E-state index contributed by atoms with van der Waals surface area (Å²) in [6, 6.07) is 7.88. The lowest BCUT2D eigenvalue weighted by molar-refractivity contribution is -0.120. The highest BCUT2D eigenvalue weighted by molar-refractivity contribution is 5.78. The molecule has 6 heteroatoms. The van der Waals surface area contributed by atoms with Crippen molar-refractivity contribution in [1.29, 1.82) is 0 Å². The molecule has 1 aromatic heterocycles. The molecule has 2 heterocycles. The number of amides is 1. The van der Waals surface area contributed by atoms with Crippen LogP contribution in [-0.2, 0) is 11.2 Å². The fourth-order valence-electron chi connectivity index (χ4n) is 3.52. The number of nitrogens with one attached hydrogen (secondary N) is 1. The van der Waals surface area contributed by atoms with Crippen LogP contribution in [0, 0.1) is 12.8 Å². The largest absolute Gasteiger partial charge is 0.497 e. The average Bonchev–Trinajstić information content (AvgIpc) is 3.07. The van der Waals surface area contributed by atoms with Crippen LogP contribution in [0.5, 0.6) is 5.75 Å². The van der Waals surface area contributed by atoms with Gasteiger partial charge in [0.05, 0.1) is 19.2 Å². The molecule has 1 aromatic carbocycles. The highest BCUT2D eigenvalue weighted by Crippen LogP contribution is 2.24. The van der Waals surface area contributed by atoms with Crippen molar-refractivity contribution in [3.63, 3.8) is 0 Å². The minimum Gasteiger partial charge on any atom is -0.497 e. The van der Waals surface area contributed by atoms with Gasteiger partial charge < -0.3 is 14.5 Å². The summed E-state index contributed by atoms with van der Waals surface area (Å²) in [7, 11) is 1.63. The van der Waals surface area contributed by atoms with Crippen molar-refractivity contribution >= 4 is 5.91 Å². The summed E-state index contributed by atoms with van der Waals surface area (Å²) in [6.07, 6.45) is 2.71. The zero-order valence-corrected chi connectivity index (χ0v) is 17.3. The van der Waals surface area contributed by atoms with Gasteiger partial charge in [-0.05, 0) is 70.0 Å². The molecule has 6 nitrogen and oxygen atoms in total. The fourth-order valence-corrected chi connectivity index (χ4v) is 3.52. The molecule has 1 aliphatic rings. The number of carbonyl (C=O) groups excluding carboxylic acids is 1. The van der Waals surface area contributed by atoms with Crippen LogP contribution in [0.3, 0.4) is 0 Å². The van der Waals surface area contributed by atoms with Gasteiger partial charge in [-0.1, -0.05) is 6.92 Å². The first-order valence-corrected chi connectivity index (χ1v) is 10.1. The second kappa shape index (κ2) is 9.24.